The Labute approximate surface area is 124 Å². The van der Waals surface area contributed by atoms with Gasteiger partial charge >= 0.3 is 0 Å². The Balaban J connectivity index is 2.43. The number of aliphatic imine (C=N–C) groups is 1. The molecule has 0 aliphatic heterocycles. The molecule has 0 amide bonds. The Morgan fingerprint density at radius 3 is 2.55 bits per heavy atom. The highest BCUT2D eigenvalue weighted by molar-refractivity contribution is 5.80. The molecular formula is C16H33N3O. The van der Waals surface area contributed by atoms with Crippen LogP contribution in [0.3, 0.4) is 0 Å². The van der Waals surface area contributed by atoms with Crippen LogP contribution in [0.4, 0.5) is 0 Å². The minimum absolute atomic E-state index is 0.125. The van der Waals surface area contributed by atoms with E-state index in [0.717, 1.165) is 18.4 Å². The summed E-state index contributed by atoms with van der Waals surface area (Å²) in [5.41, 5.74) is 0.125. The number of nitrogens with zero attached hydrogens (tertiary/aromatic N) is 1. The van der Waals surface area contributed by atoms with Crippen molar-refractivity contribution < 1.29 is 4.74 Å². The molecule has 0 saturated heterocycles. The summed E-state index contributed by atoms with van der Waals surface area (Å²) in [6.45, 7) is 9.71. The number of methoxy groups -OCH3 is 1. The van der Waals surface area contributed by atoms with Gasteiger partial charge in [-0.3, -0.25) is 4.99 Å². The van der Waals surface area contributed by atoms with Crippen molar-refractivity contribution in [1.82, 2.24) is 10.6 Å². The van der Waals surface area contributed by atoms with E-state index in [1.54, 1.807) is 7.11 Å². The van der Waals surface area contributed by atoms with Crippen LogP contribution >= 0.6 is 0 Å². The van der Waals surface area contributed by atoms with Crippen LogP contribution in [0.5, 0.6) is 0 Å². The molecular weight excluding hydrogens is 250 g/mol. The maximum Gasteiger partial charge on any atom is 0.191 e. The van der Waals surface area contributed by atoms with Crippen molar-refractivity contribution in [2.24, 2.45) is 16.3 Å². The first kappa shape index (κ1) is 17.3. The largest absolute Gasteiger partial charge is 0.379 e. The van der Waals surface area contributed by atoms with Gasteiger partial charge in [-0.1, -0.05) is 40.5 Å². The fourth-order valence-electron chi connectivity index (χ4n) is 2.89. The molecule has 4 nitrogen and oxygen atoms in total. The van der Waals surface area contributed by atoms with Crippen molar-refractivity contribution >= 4 is 5.96 Å². The van der Waals surface area contributed by atoms with Crippen molar-refractivity contribution in [3.63, 3.8) is 0 Å². The zero-order valence-corrected chi connectivity index (χ0v) is 14.1. The molecule has 1 saturated carbocycles. The second-order valence-corrected chi connectivity index (χ2v) is 7.16. The standard InChI is InChI=1S/C16H33N3O/c1-12-8-7-9-13(10-12)19-15(17-5)18-11-14(20-6)16(2,3)4/h12-14H,7-11H2,1-6H3,(H2,17,18,19). The lowest BCUT2D eigenvalue weighted by Crippen LogP contribution is -2.49. The second-order valence-electron chi connectivity index (χ2n) is 7.16. The third kappa shape index (κ3) is 5.70. The number of ether oxygens (including phenoxy) is 1. The maximum absolute atomic E-state index is 5.57. The molecule has 1 rings (SSSR count). The summed E-state index contributed by atoms with van der Waals surface area (Å²) in [5.74, 6) is 1.72. The van der Waals surface area contributed by atoms with Crippen molar-refractivity contribution in [3.8, 4) is 0 Å². The summed E-state index contributed by atoms with van der Waals surface area (Å²) in [6, 6.07) is 0.556. The summed E-state index contributed by atoms with van der Waals surface area (Å²) < 4.78 is 5.57. The molecule has 0 aromatic rings. The highest BCUT2D eigenvalue weighted by atomic mass is 16.5. The van der Waals surface area contributed by atoms with Gasteiger partial charge in [0.2, 0.25) is 0 Å². The summed E-state index contributed by atoms with van der Waals surface area (Å²) >= 11 is 0. The van der Waals surface area contributed by atoms with E-state index in [-0.39, 0.29) is 11.5 Å². The highest BCUT2D eigenvalue weighted by Gasteiger charge is 2.25. The van der Waals surface area contributed by atoms with Crippen LogP contribution < -0.4 is 10.6 Å². The lowest BCUT2D eigenvalue weighted by molar-refractivity contribution is 0.0205. The first-order chi connectivity index (χ1) is 9.36. The highest BCUT2D eigenvalue weighted by Crippen LogP contribution is 2.23. The Kier molecular flexibility index (Phi) is 6.80. The second kappa shape index (κ2) is 7.87. The van der Waals surface area contributed by atoms with Crippen LogP contribution in [-0.4, -0.2) is 38.8 Å². The van der Waals surface area contributed by atoms with Gasteiger partial charge in [0, 0.05) is 26.7 Å². The van der Waals surface area contributed by atoms with Gasteiger partial charge in [0.1, 0.15) is 0 Å². The third-order valence-corrected chi connectivity index (χ3v) is 4.21. The first-order valence-corrected chi connectivity index (χ1v) is 7.86. The first-order valence-electron chi connectivity index (χ1n) is 7.86. The third-order valence-electron chi connectivity index (χ3n) is 4.21. The molecule has 4 heteroatoms. The fourth-order valence-corrected chi connectivity index (χ4v) is 2.89. The van der Waals surface area contributed by atoms with E-state index in [4.69, 9.17) is 4.74 Å². The SMILES string of the molecule is CN=C(NCC(OC)C(C)(C)C)NC1CCCC(C)C1. The van der Waals surface area contributed by atoms with Gasteiger partial charge < -0.3 is 15.4 Å². The van der Waals surface area contributed by atoms with Crippen LogP contribution in [0, 0.1) is 11.3 Å². The molecule has 0 spiro atoms. The number of guanidine groups is 1. The van der Waals surface area contributed by atoms with E-state index in [2.05, 4.69) is 43.3 Å². The number of rotatable bonds is 4. The molecule has 0 bridgehead atoms. The molecule has 20 heavy (non-hydrogen) atoms. The van der Waals surface area contributed by atoms with E-state index in [0.29, 0.717) is 6.04 Å². The lowest BCUT2D eigenvalue weighted by Gasteiger charge is -2.32. The molecule has 2 N–H and O–H groups in total. The Morgan fingerprint density at radius 1 is 1.35 bits per heavy atom. The quantitative estimate of drug-likeness (QED) is 0.616. The normalized spacial score (nSPS) is 26.2. The molecule has 1 aliphatic rings. The van der Waals surface area contributed by atoms with Gasteiger partial charge in [-0.15, -0.1) is 0 Å². The van der Waals surface area contributed by atoms with Crippen molar-refractivity contribution in [3.05, 3.63) is 0 Å². The number of hydrogen-bond acceptors (Lipinski definition) is 2. The molecule has 0 heterocycles. The smallest absolute Gasteiger partial charge is 0.191 e. The van der Waals surface area contributed by atoms with E-state index in [9.17, 15) is 0 Å². The summed E-state index contributed by atoms with van der Waals surface area (Å²) in [6.07, 6.45) is 5.34. The Morgan fingerprint density at radius 2 is 2.05 bits per heavy atom. The van der Waals surface area contributed by atoms with Gasteiger partial charge in [0.25, 0.3) is 0 Å². The molecule has 1 fully saturated rings. The molecule has 0 aromatic carbocycles. The molecule has 0 radical (unpaired) electrons. The summed E-state index contributed by atoms with van der Waals surface area (Å²) in [7, 11) is 3.61. The van der Waals surface area contributed by atoms with Crippen molar-refractivity contribution in [2.75, 3.05) is 20.7 Å². The van der Waals surface area contributed by atoms with Crippen molar-refractivity contribution in [2.45, 2.75) is 65.5 Å². The van der Waals surface area contributed by atoms with E-state index in [1.165, 1.54) is 25.7 Å². The van der Waals surface area contributed by atoms with Gasteiger partial charge in [0.15, 0.2) is 5.96 Å². The van der Waals surface area contributed by atoms with Gasteiger partial charge in [-0.2, -0.15) is 0 Å². The molecule has 3 unspecified atom stereocenters. The van der Waals surface area contributed by atoms with Gasteiger partial charge in [-0.25, -0.2) is 0 Å². The monoisotopic (exact) mass is 283 g/mol. The van der Waals surface area contributed by atoms with Crippen LogP contribution in [-0.2, 0) is 4.74 Å². The van der Waals surface area contributed by atoms with Crippen LogP contribution in [0.15, 0.2) is 4.99 Å². The number of hydrogen-bond donors (Lipinski definition) is 2. The van der Waals surface area contributed by atoms with Gasteiger partial charge in [-0.05, 0) is 24.2 Å². The Hall–Kier alpha value is -0.770. The van der Waals surface area contributed by atoms with Crippen LogP contribution in [0.2, 0.25) is 0 Å². The Bertz CT molecular complexity index is 309. The average molecular weight is 283 g/mol. The predicted octanol–water partition coefficient (Wildman–Crippen LogP) is 2.79. The fraction of sp³-hybridized carbons (Fsp3) is 0.938. The topological polar surface area (TPSA) is 45.7 Å². The minimum atomic E-state index is 0.125. The van der Waals surface area contributed by atoms with Crippen LogP contribution in [0.25, 0.3) is 0 Å². The van der Waals surface area contributed by atoms with E-state index >= 15 is 0 Å². The molecule has 1 aliphatic carbocycles. The van der Waals surface area contributed by atoms with Crippen molar-refractivity contribution in [1.29, 1.82) is 0 Å². The molecule has 118 valence electrons. The zero-order chi connectivity index (χ0) is 15.2. The maximum atomic E-state index is 5.57. The number of nitrogens with one attached hydrogen (secondary N) is 2. The molecule has 0 aromatic heterocycles. The zero-order valence-electron chi connectivity index (χ0n) is 14.1. The van der Waals surface area contributed by atoms with Crippen LogP contribution in [0.1, 0.15) is 53.4 Å². The van der Waals surface area contributed by atoms with E-state index in [1.807, 2.05) is 7.05 Å². The predicted molar refractivity (Wildman–Crippen MR) is 86.2 cm³/mol. The average Bonchev–Trinajstić information content (AvgIpc) is 2.36. The van der Waals surface area contributed by atoms with Gasteiger partial charge in [0.05, 0.1) is 6.10 Å². The molecule has 3 atom stereocenters. The summed E-state index contributed by atoms with van der Waals surface area (Å²) in [5, 5.41) is 6.95. The minimum Gasteiger partial charge on any atom is -0.379 e. The van der Waals surface area contributed by atoms with E-state index < -0.39 is 0 Å². The summed E-state index contributed by atoms with van der Waals surface area (Å²) in [4.78, 5) is 4.33. The lowest BCUT2D eigenvalue weighted by atomic mass is 9.87.